The normalized spacial score (nSPS) is 13.1. The Kier molecular flexibility index (Phi) is 3.47. The van der Waals surface area contributed by atoms with Crippen molar-refractivity contribution in [2.75, 3.05) is 0 Å². The quantitative estimate of drug-likeness (QED) is 0.805. The molecule has 0 saturated heterocycles. The average molecular weight is 212 g/mol. The lowest BCUT2D eigenvalue weighted by atomic mass is 10.4. The molecule has 0 aliphatic heterocycles. The van der Waals surface area contributed by atoms with E-state index in [0.717, 1.165) is 0 Å². The number of nitrogens with zero attached hydrogens (tertiary/aromatic N) is 1. The van der Waals surface area contributed by atoms with Gasteiger partial charge in [0.2, 0.25) is 0 Å². The zero-order valence-corrected chi connectivity index (χ0v) is 9.40. The molecule has 1 aromatic heterocycles. The van der Waals surface area contributed by atoms with E-state index in [-0.39, 0.29) is 17.9 Å². The lowest BCUT2D eigenvalue weighted by Gasteiger charge is -2.18. The molecule has 5 heteroatoms. The van der Waals surface area contributed by atoms with E-state index in [1.54, 1.807) is 13.8 Å². The van der Waals surface area contributed by atoms with E-state index in [1.807, 2.05) is 13.8 Å². The largest absolute Gasteiger partial charge is 0.356 e. The fraction of sp³-hybridized carbons (Fsp3) is 0.600. The van der Waals surface area contributed by atoms with Crippen LogP contribution in [0.15, 0.2) is 15.8 Å². The predicted octanol–water partition coefficient (Wildman–Crippen LogP) is 0.789. The van der Waals surface area contributed by atoms with Gasteiger partial charge in [0.25, 0.3) is 5.56 Å². The van der Waals surface area contributed by atoms with Crippen molar-refractivity contribution < 1.29 is 4.74 Å². The smallest absolute Gasteiger partial charge is 0.330 e. The van der Waals surface area contributed by atoms with Gasteiger partial charge in [-0.3, -0.25) is 14.3 Å². The topological polar surface area (TPSA) is 64.1 Å². The Morgan fingerprint density at radius 3 is 2.47 bits per heavy atom. The number of hydrogen-bond donors (Lipinski definition) is 1. The second-order valence-electron chi connectivity index (χ2n) is 3.76. The number of H-pyrrole nitrogens is 1. The van der Waals surface area contributed by atoms with Gasteiger partial charge in [-0.2, -0.15) is 0 Å². The van der Waals surface area contributed by atoms with Gasteiger partial charge < -0.3 is 4.74 Å². The first-order chi connectivity index (χ1) is 6.91. The summed E-state index contributed by atoms with van der Waals surface area (Å²) in [5.74, 6) is 0. The van der Waals surface area contributed by atoms with E-state index in [9.17, 15) is 9.59 Å². The minimum atomic E-state index is -0.446. The molecule has 0 amide bonds. The second kappa shape index (κ2) is 4.44. The zero-order valence-electron chi connectivity index (χ0n) is 9.40. The van der Waals surface area contributed by atoms with E-state index >= 15 is 0 Å². The van der Waals surface area contributed by atoms with E-state index in [4.69, 9.17) is 4.74 Å². The van der Waals surface area contributed by atoms with Crippen molar-refractivity contribution in [2.45, 2.75) is 40.0 Å². The summed E-state index contributed by atoms with van der Waals surface area (Å²) in [5.41, 5.74) is -0.305. The highest BCUT2D eigenvalue weighted by atomic mass is 16.5. The summed E-state index contributed by atoms with van der Waals surface area (Å²) in [6.45, 7) is 7.19. The Balaban J connectivity index is 3.10. The Hall–Kier alpha value is -1.36. The Morgan fingerprint density at radius 1 is 1.33 bits per heavy atom. The molecular weight excluding hydrogens is 196 g/mol. The maximum Gasteiger partial charge on any atom is 0.330 e. The highest BCUT2D eigenvalue weighted by molar-refractivity contribution is 5.01. The van der Waals surface area contributed by atoms with Gasteiger partial charge in [0, 0.05) is 11.8 Å². The van der Waals surface area contributed by atoms with Crippen LogP contribution in [0, 0.1) is 6.92 Å². The molecule has 0 aliphatic carbocycles. The molecule has 5 nitrogen and oxygen atoms in total. The minimum absolute atomic E-state index is 0.0270. The highest BCUT2D eigenvalue weighted by Crippen LogP contribution is 2.06. The fourth-order valence-corrected chi connectivity index (χ4v) is 1.32. The van der Waals surface area contributed by atoms with Crippen LogP contribution in [0.3, 0.4) is 0 Å². The molecule has 1 atom stereocenters. The van der Waals surface area contributed by atoms with Gasteiger partial charge in [0.05, 0.1) is 6.10 Å². The first kappa shape index (κ1) is 11.7. The summed E-state index contributed by atoms with van der Waals surface area (Å²) in [6.07, 6.45) is 1.15. The predicted molar refractivity (Wildman–Crippen MR) is 57.0 cm³/mol. The third-order valence-corrected chi connectivity index (χ3v) is 2.01. The van der Waals surface area contributed by atoms with Crippen LogP contribution in [0.2, 0.25) is 0 Å². The monoisotopic (exact) mass is 212 g/mol. The van der Waals surface area contributed by atoms with Gasteiger partial charge in [-0.1, -0.05) is 0 Å². The van der Waals surface area contributed by atoms with Crippen molar-refractivity contribution in [3.63, 3.8) is 0 Å². The third-order valence-electron chi connectivity index (χ3n) is 2.01. The van der Waals surface area contributed by atoms with Gasteiger partial charge >= 0.3 is 5.69 Å². The Morgan fingerprint density at radius 2 is 1.93 bits per heavy atom. The molecule has 0 fully saturated rings. The van der Waals surface area contributed by atoms with Crippen LogP contribution in [-0.4, -0.2) is 15.7 Å². The van der Waals surface area contributed by atoms with Gasteiger partial charge in [0.15, 0.2) is 0 Å². The lowest BCUT2D eigenvalue weighted by molar-refractivity contribution is -0.0277. The fourth-order valence-electron chi connectivity index (χ4n) is 1.32. The van der Waals surface area contributed by atoms with Crippen LogP contribution < -0.4 is 11.2 Å². The number of nitrogens with one attached hydrogen (secondary N) is 1. The number of rotatable bonds is 3. The number of hydrogen-bond acceptors (Lipinski definition) is 3. The number of aromatic amines is 1. The second-order valence-corrected chi connectivity index (χ2v) is 3.76. The van der Waals surface area contributed by atoms with Crippen LogP contribution in [0.25, 0.3) is 0 Å². The van der Waals surface area contributed by atoms with Gasteiger partial charge in [0.1, 0.15) is 6.23 Å². The van der Waals surface area contributed by atoms with E-state index in [2.05, 4.69) is 4.98 Å². The van der Waals surface area contributed by atoms with Gasteiger partial charge in [-0.05, 0) is 27.7 Å². The maximum atomic E-state index is 11.4. The van der Waals surface area contributed by atoms with E-state index in [1.165, 1.54) is 10.8 Å². The van der Waals surface area contributed by atoms with Gasteiger partial charge in [-0.15, -0.1) is 0 Å². The molecule has 84 valence electrons. The Bertz CT molecular complexity index is 445. The molecule has 0 unspecified atom stereocenters. The van der Waals surface area contributed by atoms with Crippen molar-refractivity contribution >= 4 is 0 Å². The molecule has 0 bridgehead atoms. The summed E-state index contributed by atoms with van der Waals surface area (Å²) in [6, 6.07) is 0. The first-order valence-corrected chi connectivity index (χ1v) is 4.89. The summed E-state index contributed by atoms with van der Waals surface area (Å²) >= 11 is 0. The van der Waals surface area contributed by atoms with Crippen molar-refractivity contribution in [3.8, 4) is 0 Å². The molecule has 0 saturated carbocycles. The van der Waals surface area contributed by atoms with Crippen LogP contribution in [-0.2, 0) is 4.74 Å². The average Bonchev–Trinajstić information content (AvgIpc) is 2.09. The van der Waals surface area contributed by atoms with Crippen molar-refractivity contribution in [1.29, 1.82) is 0 Å². The van der Waals surface area contributed by atoms with Crippen molar-refractivity contribution in [2.24, 2.45) is 0 Å². The molecule has 1 N–H and O–H groups in total. The summed E-state index contributed by atoms with van der Waals surface area (Å²) in [5, 5.41) is 0. The summed E-state index contributed by atoms with van der Waals surface area (Å²) in [7, 11) is 0. The number of ether oxygens (including phenoxy) is 1. The summed E-state index contributed by atoms with van der Waals surface area (Å²) < 4.78 is 6.82. The minimum Gasteiger partial charge on any atom is -0.356 e. The molecule has 1 aromatic rings. The van der Waals surface area contributed by atoms with Crippen molar-refractivity contribution in [1.82, 2.24) is 9.55 Å². The van der Waals surface area contributed by atoms with Crippen LogP contribution in [0.1, 0.15) is 32.6 Å². The van der Waals surface area contributed by atoms with Gasteiger partial charge in [-0.25, -0.2) is 4.79 Å². The van der Waals surface area contributed by atoms with Crippen molar-refractivity contribution in [3.05, 3.63) is 32.6 Å². The maximum absolute atomic E-state index is 11.4. The Labute approximate surface area is 87.7 Å². The summed E-state index contributed by atoms with van der Waals surface area (Å²) in [4.78, 5) is 24.8. The van der Waals surface area contributed by atoms with Crippen LogP contribution in [0.4, 0.5) is 0 Å². The number of aryl methyl sites for hydroxylation is 1. The van der Waals surface area contributed by atoms with E-state index in [0.29, 0.717) is 5.56 Å². The zero-order chi connectivity index (χ0) is 11.6. The molecular formula is C10H16N2O3. The standard InChI is InChI=1S/C10H16N2O3/c1-6(2)15-8(4)12-5-7(3)9(13)11-10(12)14/h5-6,8H,1-4H3,(H,11,13,14)/t8-/m1/s1. The molecule has 0 spiro atoms. The molecule has 15 heavy (non-hydrogen) atoms. The molecule has 0 aliphatic rings. The number of aromatic nitrogens is 2. The molecule has 1 rings (SSSR count). The lowest BCUT2D eigenvalue weighted by Crippen LogP contribution is -2.33. The highest BCUT2D eigenvalue weighted by Gasteiger charge is 2.10. The molecule has 1 heterocycles. The molecule has 0 aromatic carbocycles. The van der Waals surface area contributed by atoms with Crippen LogP contribution in [0.5, 0.6) is 0 Å². The first-order valence-electron chi connectivity index (χ1n) is 4.89. The third kappa shape index (κ3) is 2.79. The SMILES string of the molecule is Cc1cn([C@@H](C)OC(C)C)c(=O)[nH]c1=O. The van der Waals surface area contributed by atoms with Crippen LogP contribution >= 0.6 is 0 Å². The molecule has 0 radical (unpaired) electrons. The van der Waals surface area contributed by atoms with E-state index < -0.39 is 5.69 Å².